The van der Waals surface area contributed by atoms with Gasteiger partial charge in [0, 0.05) is 49.2 Å². The molecule has 2 aromatic carbocycles. The minimum Gasteiger partial charge on any atom is -0.490 e. The summed E-state index contributed by atoms with van der Waals surface area (Å²) in [6, 6.07) is 11.5. The molecule has 4 aliphatic rings. The van der Waals surface area contributed by atoms with E-state index in [1.807, 2.05) is 31.2 Å². The van der Waals surface area contributed by atoms with E-state index in [1.165, 1.54) is 11.1 Å². The number of urea groups is 1. The number of rotatable bonds is 2. The van der Waals surface area contributed by atoms with Gasteiger partial charge in [0.1, 0.15) is 11.6 Å². The van der Waals surface area contributed by atoms with Crippen LogP contribution in [0.4, 0.5) is 10.5 Å². The Morgan fingerprint density at radius 3 is 2.89 bits per heavy atom. The van der Waals surface area contributed by atoms with E-state index in [0.717, 1.165) is 68.1 Å². The molecule has 2 heterocycles. The summed E-state index contributed by atoms with van der Waals surface area (Å²) in [4.78, 5) is 32.8. The van der Waals surface area contributed by atoms with Gasteiger partial charge in [0.2, 0.25) is 0 Å². The van der Waals surface area contributed by atoms with Crippen molar-refractivity contribution in [2.75, 3.05) is 38.3 Å². The number of anilines is 1. The number of halogens is 1. The number of carbonyl (C=O) groups excluding carboxylic acids is 2. The minimum absolute atomic E-state index is 0.0348. The summed E-state index contributed by atoms with van der Waals surface area (Å²) >= 11 is 6.44. The number of aryl methyl sites for hydroxylation is 1. The molecule has 9 heteroatoms. The fraction of sp³-hybridized carbons (Fsp3) is 0.528. The van der Waals surface area contributed by atoms with Gasteiger partial charge >= 0.3 is 6.03 Å². The van der Waals surface area contributed by atoms with E-state index in [4.69, 9.17) is 21.1 Å². The normalized spacial score (nSPS) is 29.8. The molecule has 2 aliphatic heterocycles. The zero-order valence-electron chi connectivity index (χ0n) is 26.6. The molecule has 0 unspecified atom stereocenters. The van der Waals surface area contributed by atoms with Crippen LogP contribution in [0.1, 0.15) is 73.9 Å². The molecule has 45 heavy (non-hydrogen) atoms. The molecular weight excluding hydrogens is 588 g/mol. The lowest BCUT2D eigenvalue weighted by Crippen LogP contribution is -2.49. The minimum atomic E-state index is -0.457. The first-order chi connectivity index (χ1) is 21.8. The van der Waals surface area contributed by atoms with Crippen molar-refractivity contribution >= 4 is 35.1 Å². The molecule has 1 saturated carbocycles. The third kappa shape index (κ3) is 6.77. The molecule has 6 rings (SSSR count). The number of nitrogens with zero attached hydrogens (tertiary/aromatic N) is 2. The Morgan fingerprint density at radius 1 is 1.24 bits per heavy atom. The van der Waals surface area contributed by atoms with E-state index in [9.17, 15) is 9.59 Å². The molecular formula is C36H45ClN4O4. The molecule has 2 aromatic rings. The lowest BCUT2D eigenvalue weighted by Gasteiger charge is -2.46. The Kier molecular flexibility index (Phi) is 9.52. The lowest BCUT2D eigenvalue weighted by atomic mass is 9.68. The second kappa shape index (κ2) is 13.6. The SMILES string of the molecule is CCNC(=O)N=C1C[C@@H](C)C/C=C/[C@H](OC)[C@@H]2CC[C@H]2CN2C[C@@]3(CCCc4cc(Cl)ccc43)COc3ccc(cc32)C(=O)N1. The highest BCUT2D eigenvalue weighted by atomic mass is 35.5. The topological polar surface area (TPSA) is 92.3 Å². The second-order valence-electron chi connectivity index (χ2n) is 13.3. The quantitative estimate of drug-likeness (QED) is 0.360. The van der Waals surface area contributed by atoms with E-state index in [0.29, 0.717) is 42.8 Å². The standard InChI is InChI=1S/C36H45ClN4O4/c1-4-38-35(43)40-33-17-23(2)7-5-9-31(44-3)28-13-10-26(28)20-41-21-36(16-6-8-24-18-27(37)12-14-29(24)36)22-45-32-15-11-25(19-30(32)41)34(42)39-33/h5,9,11-12,14-15,18-19,23,26,28,31H,4,6-8,10,13,16-17,20-22H2,1-3H3,(H2,38,39,40,42,43)/b9-5+/t23-,26-,28+,31-,36-/m0/s1. The van der Waals surface area contributed by atoms with Crippen molar-refractivity contribution in [1.82, 2.24) is 10.6 Å². The van der Waals surface area contributed by atoms with E-state index in [2.05, 4.69) is 51.7 Å². The van der Waals surface area contributed by atoms with Crippen molar-refractivity contribution in [1.29, 1.82) is 0 Å². The van der Waals surface area contributed by atoms with E-state index in [1.54, 1.807) is 7.11 Å². The van der Waals surface area contributed by atoms with Gasteiger partial charge in [-0.3, -0.25) is 4.79 Å². The predicted molar refractivity (Wildman–Crippen MR) is 179 cm³/mol. The Labute approximate surface area is 271 Å². The maximum Gasteiger partial charge on any atom is 0.342 e. The van der Waals surface area contributed by atoms with Gasteiger partial charge in [-0.05, 0) is 105 Å². The fourth-order valence-corrected chi connectivity index (χ4v) is 7.88. The molecule has 1 fully saturated rings. The highest BCUT2D eigenvalue weighted by Crippen LogP contribution is 2.47. The average molecular weight is 633 g/mol. The zero-order chi connectivity index (χ0) is 31.6. The number of nitrogens with one attached hydrogen (secondary N) is 2. The van der Waals surface area contributed by atoms with Crippen LogP contribution in [-0.2, 0) is 16.6 Å². The molecule has 5 atom stereocenters. The number of allylic oxidation sites excluding steroid dienone is 1. The first kappa shape index (κ1) is 31.6. The van der Waals surface area contributed by atoms with Crippen LogP contribution < -0.4 is 20.3 Å². The molecule has 1 spiro atoms. The number of hydrogen-bond donors (Lipinski definition) is 2. The molecule has 2 N–H and O–H groups in total. The van der Waals surface area contributed by atoms with Crippen LogP contribution in [0, 0.1) is 17.8 Å². The molecule has 2 aliphatic carbocycles. The van der Waals surface area contributed by atoms with Crippen LogP contribution in [-0.4, -0.2) is 57.2 Å². The van der Waals surface area contributed by atoms with Gasteiger partial charge in [-0.1, -0.05) is 36.7 Å². The van der Waals surface area contributed by atoms with Gasteiger partial charge in [0.15, 0.2) is 0 Å². The van der Waals surface area contributed by atoms with Gasteiger partial charge in [0.05, 0.1) is 18.4 Å². The smallest absolute Gasteiger partial charge is 0.342 e. The van der Waals surface area contributed by atoms with Crippen molar-refractivity contribution in [3.05, 3.63) is 70.3 Å². The van der Waals surface area contributed by atoms with Crippen LogP contribution >= 0.6 is 11.6 Å². The molecule has 0 saturated heterocycles. The third-order valence-electron chi connectivity index (χ3n) is 10.2. The summed E-state index contributed by atoms with van der Waals surface area (Å²) in [6.45, 7) is 6.61. The van der Waals surface area contributed by atoms with E-state index < -0.39 is 6.03 Å². The summed E-state index contributed by atoms with van der Waals surface area (Å²) in [5.74, 6) is 1.90. The van der Waals surface area contributed by atoms with Crippen molar-refractivity contribution < 1.29 is 19.1 Å². The number of fused-ring (bicyclic) bond motifs is 4. The summed E-state index contributed by atoms with van der Waals surface area (Å²) in [7, 11) is 1.80. The number of benzene rings is 2. The number of amidine groups is 1. The van der Waals surface area contributed by atoms with Gasteiger partial charge in [-0.15, -0.1) is 0 Å². The highest BCUT2D eigenvalue weighted by molar-refractivity contribution is 6.30. The fourth-order valence-electron chi connectivity index (χ4n) is 7.69. The van der Waals surface area contributed by atoms with Gasteiger partial charge in [-0.2, -0.15) is 4.99 Å². The molecule has 0 aromatic heterocycles. The largest absolute Gasteiger partial charge is 0.490 e. The van der Waals surface area contributed by atoms with Gasteiger partial charge < -0.3 is 25.0 Å². The van der Waals surface area contributed by atoms with Crippen LogP contribution in [0.3, 0.4) is 0 Å². The Morgan fingerprint density at radius 2 is 2.11 bits per heavy atom. The number of hydrogen-bond acceptors (Lipinski definition) is 5. The number of methoxy groups -OCH3 is 1. The van der Waals surface area contributed by atoms with Crippen LogP contribution in [0.5, 0.6) is 5.75 Å². The third-order valence-corrected chi connectivity index (χ3v) is 10.4. The highest BCUT2D eigenvalue weighted by Gasteiger charge is 2.44. The first-order valence-corrected chi connectivity index (χ1v) is 16.8. The maximum atomic E-state index is 13.7. The summed E-state index contributed by atoms with van der Waals surface area (Å²) in [5.41, 5.74) is 3.87. The molecule has 8 nitrogen and oxygen atoms in total. The lowest BCUT2D eigenvalue weighted by molar-refractivity contribution is 0.0131. The number of carbonyl (C=O) groups is 2. The van der Waals surface area contributed by atoms with Crippen molar-refractivity contribution in [2.24, 2.45) is 22.7 Å². The second-order valence-corrected chi connectivity index (χ2v) is 13.7. The van der Waals surface area contributed by atoms with Crippen molar-refractivity contribution in [3.63, 3.8) is 0 Å². The molecule has 2 bridgehead atoms. The van der Waals surface area contributed by atoms with Crippen molar-refractivity contribution in [2.45, 2.75) is 70.3 Å². The van der Waals surface area contributed by atoms with Crippen molar-refractivity contribution in [3.8, 4) is 5.75 Å². The molecule has 0 radical (unpaired) electrons. The number of ether oxygens (including phenoxy) is 2. The Hall–Kier alpha value is -3.36. The van der Waals surface area contributed by atoms with Gasteiger partial charge in [0.25, 0.3) is 5.91 Å². The Balaban J connectivity index is 1.40. The summed E-state index contributed by atoms with van der Waals surface area (Å²) < 4.78 is 12.7. The Bertz CT molecular complexity index is 1490. The predicted octanol–water partition coefficient (Wildman–Crippen LogP) is 6.70. The molecule has 240 valence electrons. The summed E-state index contributed by atoms with van der Waals surface area (Å²) in [5, 5.41) is 6.45. The van der Waals surface area contributed by atoms with Crippen LogP contribution in [0.2, 0.25) is 5.02 Å². The zero-order valence-corrected chi connectivity index (χ0v) is 27.4. The number of aliphatic imine (C=N–C) groups is 1. The van der Waals surface area contributed by atoms with Crippen LogP contribution in [0.15, 0.2) is 53.5 Å². The maximum absolute atomic E-state index is 13.7. The monoisotopic (exact) mass is 632 g/mol. The van der Waals surface area contributed by atoms with E-state index >= 15 is 0 Å². The summed E-state index contributed by atoms with van der Waals surface area (Å²) in [6.07, 6.45) is 11.0. The first-order valence-electron chi connectivity index (χ1n) is 16.5. The van der Waals surface area contributed by atoms with E-state index in [-0.39, 0.29) is 23.3 Å². The average Bonchev–Trinajstić information content (AvgIpc) is 3.15. The van der Waals surface area contributed by atoms with Crippen LogP contribution in [0.25, 0.3) is 0 Å². The van der Waals surface area contributed by atoms with Gasteiger partial charge in [-0.25, -0.2) is 4.79 Å². The molecule has 3 amide bonds. The number of amides is 3.